The zero-order valence-electron chi connectivity index (χ0n) is 18.3. The van der Waals surface area contributed by atoms with Gasteiger partial charge in [0.15, 0.2) is 11.5 Å². The average molecular weight is 405 g/mol. The highest BCUT2D eigenvalue weighted by atomic mass is 16.1. The van der Waals surface area contributed by atoms with Gasteiger partial charge >= 0.3 is 5.69 Å². The fraction of sp³-hybridized carbons (Fsp3) is 0.750. The Labute approximate surface area is 172 Å². The first-order chi connectivity index (χ1) is 13.8. The molecule has 0 unspecified atom stereocenters. The van der Waals surface area contributed by atoms with Gasteiger partial charge in [0.2, 0.25) is 5.95 Å². The number of aromatic amines is 1. The van der Waals surface area contributed by atoms with Crippen molar-refractivity contribution < 1.29 is 0 Å². The van der Waals surface area contributed by atoms with Crippen LogP contribution in [0, 0.1) is 0 Å². The summed E-state index contributed by atoms with van der Waals surface area (Å²) in [6.07, 6.45) is 3.01. The predicted molar refractivity (Wildman–Crippen MR) is 118 cm³/mol. The van der Waals surface area contributed by atoms with Crippen molar-refractivity contribution >= 4 is 22.9 Å². The summed E-state index contributed by atoms with van der Waals surface area (Å²) in [5, 5.41) is 3.32. The zero-order chi connectivity index (χ0) is 21.0. The number of fused-ring (bicyclic) bond motifs is 1. The van der Waals surface area contributed by atoms with Crippen LogP contribution in [0.2, 0.25) is 0 Å². The quantitative estimate of drug-likeness (QED) is 0.575. The van der Waals surface area contributed by atoms with Gasteiger partial charge in [-0.1, -0.05) is 13.3 Å². The maximum Gasteiger partial charge on any atom is 0.327 e. The lowest BCUT2D eigenvalue weighted by atomic mass is 10.0. The Balaban J connectivity index is 1.64. The van der Waals surface area contributed by atoms with Crippen molar-refractivity contribution in [3.63, 3.8) is 0 Å². The summed E-state index contributed by atoms with van der Waals surface area (Å²) in [6.45, 7) is 15.7. The second-order valence-corrected chi connectivity index (χ2v) is 8.84. The van der Waals surface area contributed by atoms with Crippen molar-refractivity contribution in [2.75, 3.05) is 50.3 Å². The number of rotatable bonds is 8. The number of unbranched alkanes of at least 4 members (excludes halogenated alkanes) is 1. The number of imidazole rings is 1. The van der Waals surface area contributed by atoms with Crippen LogP contribution in [0.1, 0.15) is 47.0 Å². The van der Waals surface area contributed by atoms with Gasteiger partial charge in [-0.3, -0.25) is 14.5 Å². The van der Waals surface area contributed by atoms with Crippen molar-refractivity contribution in [1.29, 1.82) is 0 Å². The molecule has 1 aliphatic heterocycles. The van der Waals surface area contributed by atoms with E-state index in [0.29, 0.717) is 18.0 Å². The molecule has 0 saturated carbocycles. The van der Waals surface area contributed by atoms with Crippen molar-refractivity contribution in [3.8, 4) is 0 Å². The summed E-state index contributed by atoms with van der Waals surface area (Å²) in [5.41, 5.74) is 7.12. The smallest absolute Gasteiger partial charge is 0.327 e. The molecule has 1 saturated heterocycles. The van der Waals surface area contributed by atoms with Gasteiger partial charge < -0.3 is 16.0 Å². The molecule has 29 heavy (non-hydrogen) atoms. The molecule has 1 fully saturated rings. The van der Waals surface area contributed by atoms with Gasteiger partial charge in [0.1, 0.15) is 5.52 Å². The molecular formula is C20H36N8O. The molecule has 2 aromatic heterocycles. The van der Waals surface area contributed by atoms with Gasteiger partial charge in [0.25, 0.3) is 0 Å². The number of nitrogens with two attached hydrogens (primary N) is 1. The lowest BCUT2D eigenvalue weighted by Crippen LogP contribution is -2.53. The van der Waals surface area contributed by atoms with Crippen LogP contribution in [0.3, 0.4) is 0 Å². The third-order valence-electron chi connectivity index (χ3n) is 5.64. The second-order valence-electron chi connectivity index (χ2n) is 8.84. The van der Waals surface area contributed by atoms with Crippen LogP contribution >= 0.6 is 0 Å². The van der Waals surface area contributed by atoms with Crippen molar-refractivity contribution in [1.82, 2.24) is 29.3 Å². The first-order valence-corrected chi connectivity index (χ1v) is 10.8. The molecule has 3 heterocycles. The Morgan fingerprint density at radius 2 is 1.83 bits per heavy atom. The number of nitrogens with one attached hydrogen (secondary N) is 2. The lowest BCUT2D eigenvalue weighted by molar-refractivity contribution is 0.0614. The van der Waals surface area contributed by atoms with Gasteiger partial charge in [-0.15, -0.1) is 0 Å². The standard InChI is InChI=1S/C20H36N8O/c1-5-6-8-22-16-15-17(24-18(21)23-16)25-19(29)28(15)10-7-9-26-11-13-27(14-12-26)20(2,3)4/h5-14H2,1-4H3,(H4,21,22,23,24,25,29). The van der Waals surface area contributed by atoms with Crippen LogP contribution in [0.15, 0.2) is 4.79 Å². The number of nitrogen functional groups attached to an aromatic ring is 1. The maximum atomic E-state index is 12.5. The van der Waals surface area contributed by atoms with Crippen LogP contribution in [-0.4, -0.2) is 74.1 Å². The molecular weight excluding hydrogens is 368 g/mol. The minimum Gasteiger partial charge on any atom is -0.368 e. The monoisotopic (exact) mass is 404 g/mol. The van der Waals surface area contributed by atoms with Crippen LogP contribution in [0.5, 0.6) is 0 Å². The summed E-state index contributed by atoms with van der Waals surface area (Å²) in [6, 6.07) is 0. The predicted octanol–water partition coefficient (Wildman–Crippen LogP) is 1.72. The van der Waals surface area contributed by atoms with E-state index >= 15 is 0 Å². The average Bonchev–Trinajstić information content (AvgIpc) is 2.97. The molecule has 0 atom stereocenters. The molecule has 0 radical (unpaired) electrons. The van der Waals surface area contributed by atoms with Gasteiger partial charge in [-0.2, -0.15) is 9.97 Å². The summed E-state index contributed by atoms with van der Waals surface area (Å²) < 4.78 is 1.74. The van der Waals surface area contributed by atoms with Crippen LogP contribution in [-0.2, 0) is 6.54 Å². The maximum absolute atomic E-state index is 12.5. The van der Waals surface area contributed by atoms with E-state index in [4.69, 9.17) is 5.73 Å². The molecule has 0 aliphatic carbocycles. The number of aryl methyl sites for hydroxylation is 1. The Bertz CT molecular complexity index is 858. The highest BCUT2D eigenvalue weighted by molar-refractivity contribution is 5.84. The number of hydrogen-bond acceptors (Lipinski definition) is 7. The minimum absolute atomic E-state index is 0.156. The van der Waals surface area contributed by atoms with E-state index in [2.05, 4.69) is 57.8 Å². The molecule has 1 aliphatic rings. The highest BCUT2D eigenvalue weighted by Crippen LogP contribution is 2.20. The molecule has 162 valence electrons. The molecule has 3 rings (SSSR count). The number of anilines is 2. The van der Waals surface area contributed by atoms with Gasteiger partial charge in [-0.05, 0) is 40.2 Å². The molecule has 0 spiro atoms. The van der Waals surface area contributed by atoms with E-state index in [1.54, 1.807) is 4.57 Å². The summed E-state index contributed by atoms with van der Waals surface area (Å²) in [4.78, 5) is 28.9. The normalized spacial score (nSPS) is 16.6. The molecule has 0 aromatic carbocycles. The number of nitrogens with zero attached hydrogens (tertiary/aromatic N) is 5. The van der Waals surface area contributed by atoms with Crippen molar-refractivity contribution in [2.24, 2.45) is 0 Å². The van der Waals surface area contributed by atoms with E-state index in [-0.39, 0.29) is 17.2 Å². The third kappa shape index (κ3) is 5.27. The van der Waals surface area contributed by atoms with Crippen molar-refractivity contribution in [3.05, 3.63) is 10.5 Å². The number of aromatic nitrogens is 4. The third-order valence-corrected chi connectivity index (χ3v) is 5.64. The Morgan fingerprint density at radius 3 is 2.48 bits per heavy atom. The number of piperazine rings is 1. The Kier molecular flexibility index (Phi) is 6.79. The van der Waals surface area contributed by atoms with E-state index < -0.39 is 0 Å². The van der Waals surface area contributed by atoms with E-state index in [0.717, 1.165) is 64.0 Å². The van der Waals surface area contributed by atoms with Crippen molar-refractivity contribution in [2.45, 2.75) is 59.0 Å². The summed E-state index contributed by atoms with van der Waals surface area (Å²) in [7, 11) is 0. The lowest BCUT2D eigenvalue weighted by Gasteiger charge is -2.42. The summed E-state index contributed by atoms with van der Waals surface area (Å²) >= 11 is 0. The van der Waals surface area contributed by atoms with Crippen LogP contribution < -0.4 is 16.7 Å². The van der Waals surface area contributed by atoms with E-state index in [9.17, 15) is 4.79 Å². The van der Waals surface area contributed by atoms with E-state index in [1.807, 2.05) is 0 Å². The second kappa shape index (κ2) is 9.13. The Morgan fingerprint density at radius 1 is 1.10 bits per heavy atom. The molecule has 2 aromatic rings. The molecule has 0 amide bonds. The first kappa shape index (κ1) is 21.6. The Hall–Kier alpha value is -2.13. The minimum atomic E-state index is -0.156. The van der Waals surface area contributed by atoms with Crippen LogP contribution in [0.25, 0.3) is 11.2 Å². The SMILES string of the molecule is CCCCNc1nc(N)nc2[nH]c(=O)n(CCCN3CCN(C(C)(C)C)CC3)c12. The fourth-order valence-corrected chi connectivity index (χ4v) is 3.90. The van der Waals surface area contributed by atoms with Gasteiger partial charge in [0.05, 0.1) is 0 Å². The van der Waals surface area contributed by atoms with Gasteiger partial charge in [0, 0.05) is 44.8 Å². The molecule has 9 heteroatoms. The topological polar surface area (TPSA) is 108 Å². The number of hydrogen-bond donors (Lipinski definition) is 3. The molecule has 0 bridgehead atoms. The zero-order valence-corrected chi connectivity index (χ0v) is 18.3. The fourth-order valence-electron chi connectivity index (χ4n) is 3.90. The highest BCUT2D eigenvalue weighted by Gasteiger charge is 2.25. The number of H-pyrrole nitrogens is 1. The largest absolute Gasteiger partial charge is 0.368 e. The molecule has 4 N–H and O–H groups in total. The van der Waals surface area contributed by atoms with Crippen LogP contribution in [0.4, 0.5) is 11.8 Å². The van der Waals surface area contributed by atoms with Gasteiger partial charge in [-0.25, -0.2) is 4.79 Å². The summed E-state index contributed by atoms with van der Waals surface area (Å²) in [5.74, 6) is 0.805. The molecule has 9 nitrogen and oxygen atoms in total. The van der Waals surface area contributed by atoms with E-state index in [1.165, 1.54) is 0 Å². The first-order valence-electron chi connectivity index (χ1n) is 10.8.